The Morgan fingerprint density at radius 2 is 1.87 bits per heavy atom. The Bertz CT molecular complexity index is 209. The molecule has 0 aliphatic heterocycles. The summed E-state index contributed by atoms with van der Waals surface area (Å²) in [5.74, 6) is -0.446. The summed E-state index contributed by atoms with van der Waals surface area (Å²) in [6.45, 7) is 3.75. The van der Waals surface area contributed by atoms with Crippen molar-refractivity contribution in [2.45, 2.75) is 20.3 Å². The maximum absolute atomic E-state index is 11.4. The average molecular weight is 217 g/mol. The Morgan fingerprint density at radius 1 is 1.33 bits per heavy atom. The van der Waals surface area contributed by atoms with Crippen LogP contribution in [-0.2, 0) is 9.63 Å². The molecule has 0 aliphatic carbocycles. The predicted octanol–water partition coefficient (Wildman–Crippen LogP) is 0.0875. The van der Waals surface area contributed by atoms with Crippen molar-refractivity contribution >= 4 is 5.97 Å². The van der Waals surface area contributed by atoms with E-state index in [2.05, 4.69) is 0 Å². The van der Waals surface area contributed by atoms with Crippen molar-refractivity contribution in [2.24, 2.45) is 0 Å². The molecular weight excluding hydrogens is 198 g/mol. The maximum Gasteiger partial charge on any atom is 0.352 e. The first-order valence-corrected chi connectivity index (χ1v) is 5.01. The fourth-order valence-electron chi connectivity index (χ4n) is 1.00. The van der Waals surface area contributed by atoms with E-state index in [0.717, 1.165) is 6.42 Å². The zero-order valence-electron chi connectivity index (χ0n) is 9.27. The number of carbonyl (C=O) groups excluding carboxylic acids is 1. The van der Waals surface area contributed by atoms with Crippen molar-refractivity contribution in [1.82, 2.24) is 5.06 Å². The van der Waals surface area contributed by atoms with E-state index in [0.29, 0.717) is 5.57 Å². The predicted molar refractivity (Wildman–Crippen MR) is 55.9 cm³/mol. The molecule has 0 unspecified atom stereocenters. The van der Waals surface area contributed by atoms with E-state index in [1.807, 2.05) is 6.92 Å². The average Bonchev–Trinajstić information content (AvgIpc) is 2.18. The van der Waals surface area contributed by atoms with Crippen LogP contribution in [-0.4, -0.2) is 47.5 Å². The number of carbonyl (C=O) groups is 1. The Kier molecular flexibility index (Phi) is 7.89. The molecule has 0 bridgehead atoms. The van der Waals surface area contributed by atoms with Crippen LogP contribution < -0.4 is 0 Å². The number of aliphatic hydroxyl groups excluding tert-OH is 2. The second-order valence-corrected chi connectivity index (χ2v) is 3.05. The largest absolute Gasteiger partial charge is 0.395 e. The van der Waals surface area contributed by atoms with Gasteiger partial charge in [-0.1, -0.05) is 13.0 Å². The highest BCUT2D eigenvalue weighted by Crippen LogP contribution is 2.01. The molecule has 0 spiro atoms. The van der Waals surface area contributed by atoms with E-state index in [9.17, 15) is 4.79 Å². The number of hydrogen-bond acceptors (Lipinski definition) is 5. The minimum atomic E-state index is -0.446. The first-order chi connectivity index (χ1) is 7.15. The van der Waals surface area contributed by atoms with Gasteiger partial charge in [0, 0.05) is 5.57 Å². The van der Waals surface area contributed by atoms with Crippen molar-refractivity contribution in [3.05, 3.63) is 11.6 Å². The van der Waals surface area contributed by atoms with Crippen LogP contribution in [0.2, 0.25) is 0 Å². The summed E-state index contributed by atoms with van der Waals surface area (Å²) in [5, 5.41) is 18.6. The van der Waals surface area contributed by atoms with Gasteiger partial charge in [-0.3, -0.25) is 0 Å². The number of hydroxylamine groups is 2. The highest BCUT2D eigenvalue weighted by atomic mass is 16.7. The van der Waals surface area contributed by atoms with Gasteiger partial charge in [0.2, 0.25) is 0 Å². The zero-order valence-corrected chi connectivity index (χ0v) is 9.27. The van der Waals surface area contributed by atoms with Gasteiger partial charge in [-0.15, -0.1) is 5.06 Å². The van der Waals surface area contributed by atoms with Crippen molar-refractivity contribution in [3.63, 3.8) is 0 Å². The van der Waals surface area contributed by atoms with E-state index in [1.165, 1.54) is 5.06 Å². The van der Waals surface area contributed by atoms with Crippen LogP contribution in [0.3, 0.4) is 0 Å². The molecule has 88 valence electrons. The standard InChI is InChI=1S/C10H19NO4/c1-3-4-9(2)10(14)15-11(5-7-12)6-8-13/h4,12-13H,3,5-8H2,1-2H3. The monoisotopic (exact) mass is 217 g/mol. The third-order valence-corrected chi connectivity index (χ3v) is 1.74. The number of rotatable bonds is 7. The minimum absolute atomic E-state index is 0.121. The number of hydrogen-bond donors (Lipinski definition) is 2. The molecule has 15 heavy (non-hydrogen) atoms. The molecule has 0 fully saturated rings. The normalized spacial score (nSPS) is 11.9. The Balaban J connectivity index is 4.15. The lowest BCUT2D eigenvalue weighted by Crippen LogP contribution is -2.32. The van der Waals surface area contributed by atoms with E-state index < -0.39 is 5.97 Å². The van der Waals surface area contributed by atoms with Gasteiger partial charge in [0.05, 0.1) is 26.3 Å². The molecule has 0 aliphatic rings. The van der Waals surface area contributed by atoms with Crippen LogP contribution in [0.1, 0.15) is 20.3 Å². The first kappa shape index (κ1) is 14.1. The fourth-order valence-corrected chi connectivity index (χ4v) is 1.00. The molecular formula is C10H19NO4. The van der Waals surface area contributed by atoms with Crippen LogP contribution in [0, 0.1) is 0 Å². The summed E-state index contributed by atoms with van der Waals surface area (Å²) in [5.41, 5.74) is 0.526. The Labute approximate surface area is 89.9 Å². The van der Waals surface area contributed by atoms with E-state index in [-0.39, 0.29) is 26.3 Å². The molecule has 0 aromatic rings. The van der Waals surface area contributed by atoms with Crippen molar-refractivity contribution in [3.8, 4) is 0 Å². The van der Waals surface area contributed by atoms with Crippen LogP contribution >= 0.6 is 0 Å². The highest BCUT2D eigenvalue weighted by Gasteiger charge is 2.11. The van der Waals surface area contributed by atoms with Crippen LogP contribution in [0.25, 0.3) is 0 Å². The molecule has 0 aromatic heterocycles. The SMILES string of the molecule is CCC=C(C)C(=O)ON(CCO)CCO. The highest BCUT2D eigenvalue weighted by molar-refractivity contribution is 5.87. The quantitative estimate of drug-likeness (QED) is 0.467. The second-order valence-electron chi connectivity index (χ2n) is 3.05. The molecule has 0 atom stereocenters. The molecule has 2 N–H and O–H groups in total. The summed E-state index contributed by atoms with van der Waals surface area (Å²) in [6, 6.07) is 0. The second kappa shape index (κ2) is 8.40. The molecule has 0 saturated heterocycles. The summed E-state index contributed by atoms with van der Waals surface area (Å²) in [4.78, 5) is 16.3. The van der Waals surface area contributed by atoms with Gasteiger partial charge in [0.15, 0.2) is 0 Å². The maximum atomic E-state index is 11.4. The fraction of sp³-hybridized carbons (Fsp3) is 0.700. The molecule has 0 radical (unpaired) electrons. The Hall–Kier alpha value is -0.910. The van der Waals surface area contributed by atoms with Gasteiger partial charge in [0.25, 0.3) is 0 Å². The lowest BCUT2D eigenvalue weighted by molar-refractivity contribution is -0.189. The van der Waals surface area contributed by atoms with Gasteiger partial charge in [-0.2, -0.15) is 0 Å². The van der Waals surface area contributed by atoms with Crippen LogP contribution in [0.5, 0.6) is 0 Å². The van der Waals surface area contributed by atoms with Crippen molar-refractivity contribution < 1.29 is 19.8 Å². The van der Waals surface area contributed by atoms with Crippen LogP contribution in [0.15, 0.2) is 11.6 Å². The van der Waals surface area contributed by atoms with Crippen molar-refractivity contribution in [1.29, 1.82) is 0 Å². The van der Waals surface area contributed by atoms with E-state index in [1.54, 1.807) is 13.0 Å². The number of allylic oxidation sites excluding steroid dienone is 1. The summed E-state index contributed by atoms with van der Waals surface area (Å²) >= 11 is 0. The van der Waals surface area contributed by atoms with Gasteiger partial charge in [-0.25, -0.2) is 4.79 Å². The van der Waals surface area contributed by atoms with E-state index >= 15 is 0 Å². The lowest BCUT2D eigenvalue weighted by atomic mass is 10.2. The third kappa shape index (κ3) is 6.22. The van der Waals surface area contributed by atoms with Crippen LogP contribution in [0.4, 0.5) is 0 Å². The molecule has 0 heterocycles. The molecule has 0 rings (SSSR count). The Morgan fingerprint density at radius 3 is 2.27 bits per heavy atom. The van der Waals surface area contributed by atoms with E-state index in [4.69, 9.17) is 15.1 Å². The topological polar surface area (TPSA) is 70.0 Å². The van der Waals surface area contributed by atoms with Gasteiger partial charge >= 0.3 is 5.97 Å². The number of nitrogens with zero attached hydrogens (tertiary/aromatic N) is 1. The summed E-state index contributed by atoms with van der Waals surface area (Å²) in [7, 11) is 0. The third-order valence-electron chi connectivity index (χ3n) is 1.74. The van der Waals surface area contributed by atoms with Gasteiger partial charge in [0.1, 0.15) is 0 Å². The molecule has 0 aromatic carbocycles. The lowest BCUT2D eigenvalue weighted by Gasteiger charge is -2.19. The van der Waals surface area contributed by atoms with Crippen molar-refractivity contribution in [2.75, 3.05) is 26.3 Å². The summed E-state index contributed by atoms with van der Waals surface area (Å²) in [6.07, 6.45) is 2.53. The minimum Gasteiger partial charge on any atom is -0.395 e. The smallest absolute Gasteiger partial charge is 0.352 e. The molecule has 0 amide bonds. The molecule has 5 nitrogen and oxygen atoms in total. The molecule has 5 heteroatoms. The molecule has 0 saturated carbocycles. The number of aliphatic hydroxyl groups is 2. The van der Waals surface area contributed by atoms with Gasteiger partial charge in [-0.05, 0) is 13.3 Å². The summed E-state index contributed by atoms with van der Waals surface area (Å²) < 4.78 is 0. The zero-order chi connectivity index (χ0) is 11.7. The van der Waals surface area contributed by atoms with Gasteiger partial charge < -0.3 is 15.1 Å². The first-order valence-electron chi connectivity index (χ1n) is 5.01.